The molecule has 0 saturated carbocycles. The molecule has 2 aromatic rings. The fourth-order valence-corrected chi connectivity index (χ4v) is 4.47. The van der Waals surface area contributed by atoms with E-state index in [0.717, 1.165) is 36.5 Å². The standard InChI is InChI=1S/C25H37N5O5S/c1-25(2,3)34-24(31)35-30-13-10-20(11-14-30)17-29(4)23-16-22(26-18-27-23)28-21-8-6-19(7-9-21)12-15-36(5,32)33/h6-9,16,18,20H,10-15,17H2,1-5H3,(H,26,27,28). The zero-order valence-corrected chi connectivity index (χ0v) is 22.5. The highest BCUT2D eigenvalue weighted by Gasteiger charge is 2.26. The van der Waals surface area contributed by atoms with E-state index in [9.17, 15) is 13.2 Å². The molecule has 1 fully saturated rings. The van der Waals surface area contributed by atoms with Crippen molar-refractivity contribution >= 4 is 33.3 Å². The van der Waals surface area contributed by atoms with Gasteiger partial charge in [-0.15, -0.1) is 5.06 Å². The molecular formula is C25H37N5O5S. The molecule has 3 rings (SSSR count). The van der Waals surface area contributed by atoms with Gasteiger partial charge in [0.15, 0.2) is 0 Å². The molecule has 1 aliphatic heterocycles. The van der Waals surface area contributed by atoms with Crippen molar-refractivity contribution in [3.8, 4) is 0 Å². The first kappa shape index (κ1) is 27.7. The molecule has 0 radical (unpaired) electrons. The number of nitrogens with zero attached hydrogens (tertiary/aromatic N) is 4. The summed E-state index contributed by atoms with van der Waals surface area (Å²) in [4.78, 5) is 28.0. The van der Waals surface area contributed by atoms with Gasteiger partial charge in [-0.3, -0.25) is 0 Å². The van der Waals surface area contributed by atoms with Crippen LogP contribution >= 0.6 is 0 Å². The number of sulfone groups is 1. The SMILES string of the molecule is CN(CC1CCN(OC(=O)OC(C)(C)C)CC1)c1cc(Nc2ccc(CCS(C)(=O)=O)cc2)ncn1. The molecule has 0 aliphatic carbocycles. The Morgan fingerprint density at radius 2 is 1.83 bits per heavy atom. The summed E-state index contributed by atoms with van der Waals surface area (Å²) in [6, 6.07) is 9.56. The second kappa shape index (κ2) is 11.9. The van der Waals surface area contributed by atoms with E-state index in [4.69, 9.17) is 9.57 Å². The number of hydrogen-bond donors (Lipinski definition) is 1. The van der Waals surface area contributed by atoms with Crippen LogP contribution in [0.4, 0.5) is 22.1 Å². The second-order valence-corrected chi connectivity index (χ2v) is 12.5. The van der Waals surface area contributed by atoms with Gasteiger partial charge >= 0.3 is 6.16 Å². The molecule has 36 heavy (non-hydrogen) atoms. The molecule has 0 bridgehead atoms. The van der Waals surface area contributed by atoms with Crippen LogP contribution in [0.1, 0.15) is 39.2 Å². The van der Waals surface area contributed by atoms with Crippen molar-refractivity contribution in [3.05, 3.63) is 42.2 Å². The third kappa shape index (κ3) is 9.62. The van der Waals surface area contributed by atoms with E-state index in [1.54, 1.807) is 5.06 Å². The minimum Gasteiger partial charge on any atom is -0.427 e. The number of aromatic nitrogens is 2. The number of rotatable bonds is 9. The minimum atomic E-state index is -2.98. The van der Waals surface area contributed by atoms with Gasteiger partial charge in [-0.05, 0) is 63.6 Å². The number of carbonyl (C=O) groups excluding carboxylic acids is 1. The van der Waals surface area contributed by atoms with Gasteiger partial charge in [-0.25, -0.2) is 23.2 Å². The maximum Gasteiger partial charge on any atom is 0.528 e. The number of ether oxygens (including phenoxy) is 1. The predicted molar refractivity (Wildman–Crippen MR) is 140 cm³/mol. The van der Waals surface area contributed by atoms with Crippen molar-refractivity contribution < 1.29 is 22.8 Å². The van der Waals surface area contributed by atoms with Gasteiger partial charge in [-0.1, -0.05) is 12.1 Å². The summed E-state index contributed by atoms with van der Waals surface area (Å²) in [5.41, 5.74) is 1.26. The molecule has 11 heteroatoms. The van der Waals surface area contributed by atoms with Crippen LogP contribution in [0.5, 0.6) is 0 Å². The Morgan fingerprint density at radius 3 is 2.44 bits per heavy atom. The molecule has 198 valence electrons. The average Bonchev–Trinajstić information content (AvgIpc) is 2.78. The number of hydroxylamine groups is 2. The summed E-state index contributed by atoms with van der Waals surface area (Å²) >= 11 is 0. The lowest BCUT2D eigenvalue weighted by Crippen LogP contribution is -2.40. The quantitative estimate of drug-likeness (QED) is 0.490. The molecular weight excluding hydrogens is 482 g/mol. The Morgan fingerprint density at radius 1 is 1.17 bits per heavy atom. The second-order valence-electron chi connectivity index (χ2n) is 10.3. The molecule has 1 aromatic heterocycles. The van der Waals surface area contributed by atoms with E-state index in [1.165, 1.54) is 12.6 Å². The Kier molecular flexibility index (Phi) is 9.13. The number of carbonyl (C=O) groups is 1. The molecule has 0 spiro atoms. The van der Waals surface area contributed by atoms with Crippen molar-refractivity contribution in [2.75, 3.05) is 48.9 Å². The highest BCUT2D eigenvalue weighted by atomic mass is 32.2. The van der Waals surface area contributed by atoms with Crippen molar-refractivity contribution in [1.29, 1.82) is 0 Å². The Balaban J connectivity index is 1.48. The van der Waals surface area contributed by atoms with Crippen LogP contribution < -0.4 is 10.2 Å². The van der Waals surface area contributed by atoms with Gasteiger partial charge in [0.25, 0.3) is 0 Å². The number of aryl methyl sites for hydroxylation is 1. The fourth-order valence-electron chi connectivity index (χ4n) is 3.87. The first-order valence-corrected chi connectivity index (χ1v) is 14.1. The monoisotopic (exact) mass is 519 g/mol. The summed E-state index contributed by atoms with van der Waals surface area (Å²) in [7, 11) is -0.977. The van der Waals surface area contributed by atoms with E-state index in [0.29, 0.717) is 31.2 Å². The summed E-state index contributed by atoms with van der Waals surface area (Å²) in [5, 5.41) is 4.95. The van der Waals surface area contributed by atoms with Crippen molar-refractivity contribution in [3.63, 3.8) is 0 Å². The van der Waals surface area contributed by atoms with E-state index in [-0.39, 0.29) is 5.75 Å². The molecule has 1 aliphatic rings. The Bertz CT molecular complexity index is 1110. The molecule has 0 unspecified atom stereocenters. The van der Waals surface area contributed by atoms with Gasteiger partial charge < -0.3 is 19.8 Å². The van der Waals surface area contributed by atoms with Gasteiger partial charge in [0.2, 0.25) is 0 Å². The fraction of sp³-hybridized carbons (Fsp3) is 0.560. The largest absolute Gasteiger partial charge is 0.528 e. The van der Waals surface area contributed by atoms with E-state index >= 15 is 0 Å². The molecule has 0 atom stereocenters. The Labute approximate surface area is 213 Å². The first-order chi connectivity index (χ1) is 16.9. The highest BCUT2D eigenvalue weighted by molar-refractivity contribution is 7.90. The van der Waals surface area contributed by atoms with Crippen LogP contribution in [0, 0.1) is 5.92 Å². The van der Waals surface area contributed by atoms with Gasteiger partial charge in [0.05, 0.1) is 5.75 Å². The number of piperidine rings is 1. The minimum absolute atomic E-state index is 0.136. The summed E-state index contributed by atoms with van der Waals surface area (Å²) < 4.78 is 27.9. The lowest BCUT2D eigenvalue weighted by Gasteiger charge is -2.33. The number of nitrogens with one attached hydrogen (secondary N) is 1. The summed E-state index contributed by atoms with van der Waals surface area (Å²) in [6.45, 7) is 7.58. The molecule has 1 saturated heterocycles. The van der Waals surface area contributed by atoms with Crippen LogP contribution in [-0.4, -0.2) is 73.9 Å². The number of hydrogen-bond acceptors (Lipinski definition) is 10. The van der Waals surface area contributed by atoms with Crippen LogP contribution in [0.3, 0.4) is 0 Å². The zero-order valence-electron chi connectivity index (χ0n) is 21.7. The average molecular weight is 520 g/mol. The maximum atomic E-state index is 11.9. The lowest BCUT2D eigenvalue weighted by atomic mass is 9.97. The number of benzene rings is 1. The van der Waals surface area contributed by atoms with E-state index in [1.807, 2.05) is 58.2 Å². The predicted octanol–water partition coefficient (Wildman–Crippen LogP) is 3.82. The molecule has 2 heterocycles. The van der Waals surface area contributed by atoms with Crippen molar-refractivity contribution in [2.45, 2.75) is 45.6 Å². The Hall–Kier alpha value is -2.92. The molecule has 1 aromatic carbocycles. The first-order valence-electron chi connectivity index (χ1n) is 12.1. The third-order valence-electron chi connectivity index (χ3n) is 5.73. The number of anilines is 3. The normalized spacial score (nSPS) is 15.4. The maximum absolute atomic E-state index is 11.9. The van der Waals surface area contributed by atoms with Crippen LogP contribution in [0.2, 0.25) is 0 Å². The van der Waals surface area contributed by atoms with Crippen LogP contribution in [0.15, 0.2) is 36.7 Å². The van der Waals surface area contributed by atoms with Gasteiger partial charge in [0, 0.05) is 44.7 Å². The summed E-state index contributed by atoms with van der Waals surface area (Å²) in [6.07, 6.45) is 4.41. The topological polar surface area (TPSA) is 114 Å². The summed E-state index contributed by atoms with van der Waals surface area (Å²) in [5.74, 6) is 2.07. The van der Waals surface area contributed by atoms with E-state index in [2.05, 4.69) is 20.2 Å². The third-order valence-corrected chi connectivity index (χ3v) is 6.68. The van der Waals surface area contributed by atoms with E-state index < -0.39 is 21.6 Å². The van der Waals surface area contributed by atoms with Crippen molar-refractivity contribution in [1.82, 2.24) is 15.0 Å². The van der Waals surface area contributed by atoms with Gasteiger partial charge in [-0.2, -0.15) is 0 Å². The van der Waals surface area contributed by atoms with Crippen LogP contribution in [-0.2, 0) is 25.8 Å². The zero-order chi connectivity index (χ0) is 26.3. The molecule has 10 nitrogen and oxygen atoms in total. The molecule has 0 amide bonds. The molecule has 1 N–H and O–H groups in total. The van der Waals surface area contributed by atoms with Crippen LogP contribution in [0.25, 0.3) is 0 Å². The van der Waals surface area contributed by atoms with Gasteiger partial charge in [0.1, 0.15) is 33.4 Å². The smallest absolute Gasteiger partial charge is 0.427 e. The lowest BCUT2D eigenvalue weighted by molar-refractivity contribution is -0.154. The van der Waals surface area contributed by atoms with Crippen molar-refractivity contribution in [2.24, 2.45) is 5.92 Å². The highest BCUT2D eigenvalue weighted by Crippen LogP contribution is 2.23.